The van der Waals surface area contributed by atoms with Gasteiger partial charge in [0.1, 0.15) is 12.3 Å². The van der Waals surface area contributed by atoms with Crippen LogP contribution in [0.15, 0.2) is 30.7 Å². The third kappa shape index (κ3) is 2.85. The van der Waals surface area contributed by atoms with Gasteiger partial charge in [-0.25, -0.2) is 0 Å². The van der Waals surface area contributed by atoms with Gasteiger partial charge < -0.3 is 4.74 Å². The van der Waals surface area contributed by atoms with E-state index in [-0.39, 0.29) is 0 Å². The summed E-state index contributed by atoms with van der Waals surface area (Å²) >= 11 is 5.65. The van der Waals surface area contributed by atoms with Crippen molar-refractivity contribution in [2.24, 2.45) is 0 Å². The van der Waals surface area contributed by atoms with Crippen LogP contribution in [0.3, 0.4) is 0 Å². The highest BCUT2D eigenvalue weighted by Crippen LogP contribution is 2.10. The molecule has 76 valence electrons. The SMILES string of the molecule is Clc1cncc(OCc2cccnn2)n1. The van der Waals surface area contributed by atoms with Crippen molar-refractivity contribution >= 4 is 11.6 Å². The molecule has 0 saturated carbocycles. The summed E-state index contributed by atoms with van der Waals surface area (Å²) in [7, 11) is 0. The summed E-state index contributed by atoms with van der Waals surface area (Å²) in [6, 6.07) is 3.60. The van der Waals surface area contributed by atoms with Crippen LogP contribution in [-0.4, -0.2) is 20.2 Å². The van der Waals surface area contributed by atoms with Crippen molar-refractivity contribution in [3.8, 4) is 5.88 Å². The predicted molar refractivity (Wildman–Crippen MR) is 53.4 cm³/mol. The van der Waals surface area contributed by atoms with E-state index in [2.05, 4.69) is 20.2 Å². The zero-order valence-corrected chi connectivity index (χ0v) is 8.42. The highest BCUT2D eigenvalue weighted by molar-refractivity contribution is 6.29. The second-order valence-corrected chi connectivity index (χ2v) is 3.07. The molecule has 0 amide bonds. The first-order valence-electron chi connectivity index (χ1n) is 4.21. The smallest absolute Gasteiger partial charge is 0.234 e. The molecule has 0 aliphatic rings. The Morgan fingerprint density at radius 2 is 2.27 bits per heavy atom. The van der Waals surface area contributed by atoms with Gasteiger partial charge in [0.05, 0.1) is 12.4 Å². The number of aromatic nitrogens is 4. The Morgan fingerprint density at radius 1 is 1.33 bits per heavy atom. The lowest BCUT2D eigenvalue weighted by molar-refractivity contribution is 0.286. The standard InChI is InChI=1S/C9H7ClN4O/c10-8-4-11-5-9(13-8)15-6-7-2-1-3-12-14-7/h1-5H,6H2. The summed E-state index contributed by atoms with van der Waals surface area (Å²) in [6.45, 7) is 0.295. The zero-order chi connectivity index (χ0) is 10.5. The average Bonchev–Trinajstić information content (AvgIpc) is 2.28. The maximum atomic E-state index is 5.65. The molecule has 0 radical (unpaired) electrons. The maximum absolute atomic E-state index is 5.65. The van der Waals surface area contributed by atoms with E-state index < -0.39 is 0 Å². The Balaban J connectivity index is 1.99. The van der Waals surface area contributed by atoms with Crippen molar-refractivity contribution < 1.29 is 4.74 Å². The van der Waals surface area contributed by atoms with E-state index in [0.717, 1.165) is 5.69 Å². The highest BCUT2D eigenvalue weighted by atomic mass is 35.5. The maximum Gasteiger partial charge on any atom is 0.234 e. The van der Waals surface area contributed by atoms with Crippen molar-refractivity contribution in [2.75, 3.05) is 0 Å². The largest absolute Gasteiger partial charge is 0.470 e. The fourth-order valence-corrected chi connectivity index (χ4v) is 1.09. The fraction of sp³-hybridized carbons (Fsp3) is 0.111. The minimum Gasteiger partial charge on any atom is -0.470 e. The zero-order valence-electron chi connectivity index (χ0n) is 7.67. The van der Waals surface area contributed by atoms with Crippen LogP contribution >= 0.6 is 11.6 Å². The van der Waals surface area contributed by atoms with Gasteiger partial charge in [0.25, 0.3) is 0 Å². The average molecular weight is 223 g/mol. The molecule has 0 aromatic carbocycles. The first-order chi connectivity index (χ1) is 7.34. The molecule has 2 aromatic rings. The van der Waals surface area contributed by atoms with Gasteiger partial charge in [-0.3, -0.25) is 4.98 Å². The van der Waals surface area contributed by atoms with Crippen molar-refractivity contribution in [1.29, 1.82) is 0 Å². The van der Waals surface area contributed by atoms with Crippen LogP contribution < -0.4 is 4.74 Å². The van der Waals surface area contributed by atoms with Gasteiger partial charge in [0.2, 0.25) is 5.88 Å². The van der Waals surface area contributed by atoms with Gasteiger partial charge in [0.15, 0.2) is 5.15 Å². The van der Waals surface area contributed by atoms with E-state index in [9.17, 15) is 0 Å². The van der Waals surface area contributed by atoms with E-state index in [4.69, 9.17) is 16.3 Å². The molecule has 0 fully saturated rings. The molecule has 0 N–H and O–H groups in total. The molecule has 5 nitrogen and oxygen atoms in total. The van der Waals surface area contributed by atoms with Crippen LogP contribution in [0.4, 0.5) is 0 Å². The number of halogens is 1. The summed E-state index contributed by atoms with van der Waals surface area (Å²) in [5, 5.41) is 7.88. The number of rotatable bonds is 3. The number of ether oxygens (including phenoxy) is 1. The Morgan fingerprint density at radius 3 is 3.00 bits per heavy atom. The number of nitrogens with zero attached hydrogens (tertiary/aromatic N) is 4. The summed E-state index contributed by atoms with van der Waals surface area (Å²) in [4.78, 5) is 7.76. The Hall–Kier alpha value is -1.75. The molecular weight excluding hydrogens is 216 g/mol. The van der Waals surface area contributed by atoms with Crippen LogP contribution in [-0.2, 0) is 6.61 Å². The van der Waals surface area contributed by atoms with Gasteiger partial charge in [-0.2, -0.15) is 15.2 Å². The summed E-state index contributed by atoms with van der Waals surface area (Å²) in [5.74, 6) is 0.369. The third-order valence-corrected chi connectivity index (χ3v) is 1.76. The molecule has 0 unspecified atom stereocenters. The molecule has 2 rings (SSSR count). The lowest BCUT2D eigenvalue weighted by Crippen LogP contribution is -2.00. The lowest BCUT2D eigenvalue weighted by atomic mass is 10.4. The summed E-state index contributed by atoms with van der Waals surface area (Å²) in [5.41, 5.74) is 0.722. The molecule has 2 aromatic heterocycles. The molecule has 15 heavy (non-hydrogen) atoms. The predicted octanol–water partition coefficient (Wildman–Crippen LogP) is 1.50. The van der Waals surface area contributed by atoms with E-state index in [1.165, 1.54) is 12.4 Å². The molecule has 0 saturated heterocycles. The molecule has 0 atom stereocenters. The van der Waals surface area contributed by atoms with Gasteiger partial charge in [0, 0.05) is 6.20 Å². The third-order valence-electron chi connectivity index (χ3n) is 1.58. The van der Waals surface area contributed by atoms with Crippen LogP contribution in [0.5, 0.6) is 5.88 Å². The summed E-state index contributed by atoms with van der Waals surface area (Å²) < 4.78 is 5.31. The lowest BCUT2D eigenvalue weighted by Gasteiger charge is -2.02. The van der Waals surface area contributed by atoms with E-state index >= 15 is 0 Å². The number of hydrogen-bond acceptors (Lipinski definition) is 5. The Kier molecular flexibility index (Phi) is 3.04. The second-order valence-electron chi connectivity index (χ2n) is 2.68. The molecule has 2 heterocycles. The Bertz CT molecular complexity index is 437. The van der Waals surface area contributed by atoms with Crippen LogP contribution in [0.2, 0.25) is 5.15 Å². The van der Waals surface area contributed by atoms with Crippen molar-refractivity contribution in [1.82, 2.24) is 20.2 Å². The van der Waals surface area contributed by atoms with Crippen LogP contribution in [0, 0.1) is 0 Å². The van der Waals surface area contributed by atoms with Gasteiger partial charge >= 0.3 is 0 Å². The molecular formula is C9H7ClN4O. The first kappa shape index (κ1) is 9.79. The molecule has 0 aliphatic heterocycles. The van der Waals surface area contributed by atoms with Crippen LogP contribution in [0.1, 0.15) is 5.69 Å². The monoisotopic (exact) mass is 222 g/mol. The van der Waals surface area contributed by atoms with Crippen molar-refractivity contribution in [3.63, 3.8) is 0 Å². The van der Waals surface area contributed by atoms with Crippen molar-refractivity contribution in [3.05, 3.63) is 41.6 Å². The second kappa shape index (κ2) is 4.65. The molecule has 0 aliphatic carbocycles. The first-order valence-corrected chi connectivity index (χ1v) is 4.59. The van der Waals surface area contributed by atoms with Crippen LogP contribution in [0.25, 0.3) is 0 Å². The minimum absolute atomic E-state index is 0.295. The summed E-state index contributed by atoms with van der Waals surface area (Å²) in [6.07, 6.45) is 4.53. The normalized spacial score (nSPS) is 9.93. The quantitative estimate of drug-likeness (QED) is 0.788. The van der Waals surface area contributed by atoms with Crippen molar-refractivity contribution in [2.45, 2.75) is 6.61 Å². The van der Waals surface area contributed by atoms with E-state index in [1.54, 1.807) is 12.3 Å². The highest BCUT2D eigenvalue weighted by Gasteiger charge is 1.99. The van der Waals surface area contributed by atoms with E-state index in [0.29, 0.717) is 17.6 Å². The van der Waals surface area contributed by atoms with Gasteiger partial charge in [-0.1, -0.05) is 11.6 Å². The number of hydrogen-bond donors (Lipinski definition) is 0. The Labute approximate surface area is 91.1 Å². The molecule has 0 spiro atoms. The van der Waals surface area contributed by atoms with E-state index in [1.807, 2.05) is 6.07 Å². The van der Waals surface area contributed by atoms with Gasteiger partial charge in [-0.15, -0.1) is 0 Å². The molecule has 0 bridgehead atoms. The van der Waals surface area contributed by atoms with Gasteiger partial charge in [-0.05, 0) is 12.1 Å². The minimum atomic E-state index is 0.295. The fourth-order valence-electron chi connectivity index (χ4n) is 0.953. The molecule has 6 heteroatoms. The topological polar surface area (TPSA) is 60.8 Å².